The molecule has 0 atom stereocenters. The maximum absolute atomic E-state index is 13.2. The van der Waals surface area contributed by atoms with Gasteiger partial charge in [-0.05, 0) is 71.7 Å². The maximum Gasteiger partial charge on any atom is 0.224 e. The molecule has 4 heterocycles. The molecule has 0 radical (unpaired) electrons. The largest absolute Gasteiger partial charge is 0.382 e. The van der Waals surface area contributed by atoms with Crippen molar-refractivity contribution < 1.29 is 8.78 Å². The minimum atomic E-state index is -0.326. The molecular formula is C22H15Cl3F2N10. The quantitative estimate of drug-likeness (QED) is 0.149. The molecule has 188 valence electrons. The van der Waals surface area contributed by atoms with E-state index in [9.17, 15) is 8.78 Å². The number of halogens is 5. The summed E-state index contributed by atoms with van der Waals surface area (Å²) in [4.78, 5) is 14.9. The number of nitrogen functional groups attached to an aromatic ring is 1. The Morgan fingerprint density at radius 2 is 1.32 bits per heavy atom. The normalized spacial score (nSPS) is 10.4. The topological polar surface area (TPSA) is 147 Å². The molecule has 0 aliphatic carbocycles. The summed E-state index contributed by atoms with van der Waals surface area (Å²) < 4.78 is 25.8. The van der Waals surface area contributed by atoms with Gasteiger partial charge in [0.15, 0.2) is 11.6 Å². The van der Waals surface area contributed by atoms with E-state index in [1.807, 2.05) is 0 Å². The molecule has 0 amide bonds. The van der Waals surface area contributed by atoms with E-state index >= 15 is 0 Å². The van der Waals surface area contributed by atoms with Crippen molar-refractivity contribution in [2.75, 3.05) is 11.1 Å². The van der Waals surface area contributed by atoms with Crippen molar-refractivity contribution in [3.8, 4) is 0 Å². The first-order valence-corrected chi connectivity index (χ1v) is 11.3. The van der Waals surface area contributed by atoms with Crippen LogP contribution in [0.2, 0.25) is 15.7 Å². The van der Waals surface area contributed by atoms with E-state index in [4.69, 9.17) is 40.5 Å². The van der Waals surface area contributed by atoms with Gasteiger partial charge in [0.05, 0.1) is 11.0 Å². The first-order valence-electron chi connectivity index (χ1n) is 10.2. The second-order valence-electron chi connectivity index (χ2n) is 7.05. The molecule has 0 saturated heterocycles. The molecule has 0 aliphatic rings. The van der Waals surface area contributed by atoms with Crippen molar-refractivity contribution in [2.45, 2.75) is 0 Å². The van der Waals surface area contributed by atoms with Crippen LogP contribution in [0.3, 0.4) is 0 Å². The van der Waals surface area contributed by atoms with Crippen molar-refractivity contribution in [2.24, 2.45) is 0 Å². The summed E-state index contributed by atoms with van der Waals surface area (Å²) in [5, 5.41) is 18.1. The van der Waals surface area contributed by atoms with Crippen LogP contribution < -0.4 is 11.1 Å². The number of nitrogens with zero attached hydrogens (tertiary/aromatic N) is 6. The molecular weight excluding hydrogens is 549 g/mol. The standard InChI is InChI=1S/C11H7ClFN5.C7H6FN3.C4H2Cl2N2/c12-11-14-4-3-9(16-11)15-10-7-5-6(13)1-2-8(7)17-18-10;8-4-1-2-6-5(3-4)7(9)11-10-6;5-3-1-2-7-4(6)8-3/h1-5H,(H2,14,15,16,17,18);1-3H,(H3,9,10,11);1-2H. The van der Waals surface area contributed by atoms with Crippen LogP contribution >= 0.6 is 34.8 Å². The fourth-order valence-corrected chi connectivity index (χ4v) is 3.40. The van der Waals surface area contributed by atoms with E-state index < -0.39 is 0 Å². The van der Waals surface area contributed by atoms with Gasteiger partial charge >= 0.3 is 0 Å². The Morgan fingerprint density at radius 3 is 1.95 bits per heavy atom. The predicted molar refractivity (Wildman–Crippen MR) is 139 cm³/mol. The molecule has 0 spiro atoms. The smallest absolute Gasteiger partial charge is 0.224 e. The van der Waals surface area contributed by atoms with Gasteiger partial charge in [-0.2, -0.15) is 10.2 Å². The molecule has 0 bridgehead atoms. The summed E-state index contributed by atoms with van der Waals surface area (Å²) >= 11 is 16.4. The number of hydrogen-bond acceptors (Lipinski definition) is 8. The molecule has 6 aromatic rings. The summed E-state index contributed by atoms with van der Waals surface area (Å²) in [6.45, 7) is 0. The van der Waals surface area contributed by atoms with Crippen LogP contribution in [0.5, 0.6) is 0 Å². The highest BCUT2D eigenvalue weighted by Crippen LogP contribution is 2.24. The first kappa shape index (κ1) is 25.9. The molecule has 2 aromatic carbocycles. The second kappa shape index (κ2) is 11.7. The fraction of sp³-hybridized carbons (Fsp3) is 0. The van der Waals surface area contributed by atoms with Crippen LogP contribution in [0.1, 0.15) is 0 Å². The number of hydrogen-bond donors (Lipinski definition) is 4. The molecule has 5 N–H and O–H groups in total. The molecule has 15 heteroatoms. The zero-order valence-corrected chi connectivity index (χ0v) is 20.7. The van der Waals surface area contributed by atoms with Gasteiger partial charge in [0.1, 0.15) is 22.6 Å². The minimum Gasteiger partial charge on any atom is -0.382 e. The third-order valence-electron chi connectivity index (χ3n) is 4.54. The Labute approximate surface area is 222 Å². The van der Waals surface area contributed by atoms with Crippen molar-refractivity contribution in [3.05, 3.63) is 88.3 Å². The molecule has 10 nitrogen and oxygen atoms in total. The lowest BCUT2D eigenvalue weighted by Crippen LogP contribution is -1.95. The number of anilines is 3. The number of fused-ring (bicyclic) bond motifs is 2. The van der Waals surface area contributed by atoms with Gasteiger partial charge in [-0.3, -0.25) is 10.2 Å². The van der Waals surface area contributed by atoms with Crippen LogP contribution in [-0.4, -0.2) is 40.3 Å². The summed E-state index contributed by atoms with van der Waals surface area (Å²) in [7, 11) is 0. The number of aromatic nitrogens is 8. The molecule has 0 fully saturated rings. The lowest BCUT2D eigenvalue weighted by Gasteiger charge is -2.02. The molecule has 0 aliphatic heterocycles. The predicted octanol–water partition coefficient (Wildman–Crippen LogP) is 5.96. The van der Waals surface area contributed by atoms with E-state index in [2.05, 4.69) is 45.6 Å². The highest BCUT2D eigenvalue weighted by Gasteiger charge is 2.08. The third kappa shape index (κ3) is 6.97. The summed E-state index contributed by atoms with van der Waals surface area (Å²) in [6, 6.07) is 11.9. The minimum absolute atomic E-state index is 0.131. The zero-order chi connectivity index (χ0) is 26.4. The Morgan fingerprint density at radius 1 is 0.730 bits per heavy atom. The number of H-pyrrole nitrogens is 2. The maximum atomic E-state index is 13.2. The van der Waals surface area contributed by atoms with Gasteiger partial charge in [-0.1, -0.05) is 11.6 Å². The summed E-state index contributed by atoms with van der Waals surface area (Å²) in [5.74, 6) is 0.685. The first-order chi connectivity index (χ1) is 17.8. The lowest BCUT2D eigenvalue weighted by atomic mass is 10.2. The van der Waals surface area contributed by atoms with Gasteiger partial charge in [-0.25, -0.2) is 28.7 Å². The van der Waals surface area contributed by atoms with Gasteiger partial charge in [-0.15, -0.1) is 0 Å². The Kier molecular flexibility index (Phi) is 8.23. The Bertz CT molecular complexity index is 1640. The molecule has 0 saturated carbocycles. The van der Waals surface area contributed by atoms with Crippen LogP contribution in [0.15, 0.2) is 60.9 Å². The summed E-state index contributed by atoms with van der Waals surface area (Å²) in [6.07, 6.45) is 3.02. The SMILES string of the molecule is Clc1ccnc(Cl)n1.Fc1ccc2[nH]nc(Nc3ccnc(Cl)n3)c2c1.Nc1n[nH]c2ccc(F)cc12. The fourth-order valence-electron chi connectivity index (χ4n) is 2.93. The molecule has 0 unspecified atom stereocenters. The Hall–Kier alpha value is -4.13. The zero-order valence-electron chi connectivity index (χ0n) is 18.4. The van der Waals surface area contributed by atoms with Crippen molar-refractivity contribution in [1.29, 1.82) is 0 Å². The highest BCUT2D eigenvalue weighted by molar-refractivity contribution is 6.31. The van der Waals surface area contributed by atoms with Gasteiger partial charge in [0.25, 0.3) is 0 Å². The van der Waals surface area contributed by atoms with Crippen molar-refractivity contribution >= 4 is 74.1 Å². The number of nitrogens with two attached hydrogens (primary N) is 1. The van der Waals surface area contributed by atoms with Crippen LogP contribution in [0, 0.1) is 11.6 Å². The molecule has 6 rings (SSSR count). The monoisotopic (exact) mass is 562 g/mol. The summed E-state index contributed by atoms with van der Waals surface area (Å²) in [5.41, 5.74) is 6.92. The van der Waals surface area contributed by atoms with E-state index in [-0.39, 0.29) is 22.2 Å². The van der Waals surface area contributed by atoms with Gasteiger partial charge in [0.2, 0.25) is 10.6 Å². The highest BCUT2D eigenvalue weighted by atomic mass is 35.5. The van der Waals surface area contributed by atoms with Crippen LogP contribution in [-0.2, 0) is 0 Å². The number of aromatic amines is 2. The Balaban J connectivity index is 0.000000143. The van der Waals surface area contributed by atoms with Crippen LogP contribution in [0.25, 0.3) is 21.8 Å². The van der Waals surface area contributed by atoms with Crippen molar-refractivity contribution in [1.82, 2.24) is 40.3 Å². The van der Waals surface area contributed by atoms with Crippen LogP contribution in [0.4, 0.5) is 26.2 Å². The van der Waals surface area contributed by atoms with E-state index in [1.165, 1.54) is 36.7 Å². The van der Waals surface area contributed by atoms with E-state index in [1.54, 1.807) is 24.3 Å². The van der Waals surface area contributed by atoms with Gasteiger partial charge in [0, 0.05) is 23.2 Å². The van der Waals surface area contributed by atoms with E-state index in [0.29, 0.717) is 33.4 Å². The lowest BCUT2D eigenvalue weighted by molar-refractivity contribution is 0.629. The van der Waals surface area contributed by atoms with Crippen molar-refractivity contribution in [3.63, 3.8) is 0 Å². The van der Waals surface area contributed by atoms with E-state index in [0.717, 1.165) is 11.0 Å². The molecule has 37 heavy (non-hydrogen) atoms. The average Bonchev–Trinajstić information content (AvgIpc) is 3.42. The number of benzene rings is 2. The average molecular weight is 564 g/mol. The number of rotatable bonds is 2. The second-order valence-corrected chi connectivity index (χ2v) is 8.11. The van der Waals surface area contributed by atoms with Gasteiger partial charge < -0.3 is 11.1 Å². The molecule has 4 aromatic heterocycles. The number of nitrogens with one attached hydrogen (secondary N) is 3. The third-order valence-corrected chi connectivity index (χ3v) is 5.12.